The van der Waals surface area contributed by atoms with Gasteiger partial charge in [-0.15, -0.1) is 0 Å². The second-order valence-corrected chi connectivity index (χ2v) is 5.73. The van der Waals surface area contributed by atoms with Crippen molar-refractivity contribution < 1.29 is 0 Å². The van der Waals surface area contributed by atoms with Gasteiger partial charge < -0.3 is 0 Å². The Bertz CT molecular complexity index is 463. The van der Waals surface area contributed by atoms with Crippen LogP contribution in [0.3, 0.4) is 0 Å². The van der Waals surface area contributed by atoms with Crippen LogP contribution in [0, 0.1) is 13.8 Å². The van der Waals surface area contributed by atoms with E-state index in [1.807, 2.05) is 6.07 Å². The maximum Gasteiger partial charge on any atom is 0.135 e. The van der Waals surface area contributed by atoms with E-state index in [0.29, 0.717) is 0 Å². The third-order valence-corrected chi connectivity index (χ3v) is 3.17. The van der Waals surface area contributed by atoms with Crippen LogP contribution in [0.5, 0.6) is 0 Å². The summed E-state index contributed by atoms with van der Waals surface area (Å²) in [6.07, 6.45) is 0.751. The molecule has 0 radical (unpaired) electrons. The first-order valence-electron chi connectivity index (χ1n) is 5.29. The van der Waals surface area contributed by atoms with Gasteiger partial charge in [0.1, 0.15) is 15.0 Å². The summed E-state index contributed by atoms with van der Waals surface area (Å²) in [5, 5.41) is 0. The molecule has 0 N–H and O–H groups in total. The standard InChI is InChI=1S/C13H12Br2N2/c1-8-3-9(2)5-10(4-8)6-13-16-11(14)7-12(15)17-13/h3-5,7H,6H2,1-2H3. The van der Waals surface area contributed by atoms with Crippen LogP contribution < -0.4 is 0 Å². The summed E-state index contributed by atoms with van der Waals surface area (Å²) in [5.41, 5.74) is 3.79. The Labute approximate surface area is 118 Å². The van der Waals surface area contributed by atoms with Gasteiger partial charge in [-0.3, -0.25) is 0 Å². The Hall–Kier alpha value is -0.740. The summed E-state index contributed by atoms with van der Waals surface area (Å²) in [7, 11) is 0. The number of nitrogens with zero attached hydrogens (tertiary/aromatic N) is 2. The highest BCUT2D eigenvalue weighted by Crippen LogP contribution is 2.16. The molecular weight excluding hydrogens is 344 g/mol. The third kappa shape index (κ3) is 3.61. The van der Waals surface area contributed by atoms with E-state index in [0.717, 1.165) is 21.5 Å². The molecular formula is C13H12Br2N2. The average Bonchev–Trinajstić information content (AvgIpc) is 2.13. The molecule has 2 nitrogen and oxygen atoms in total. The van der Waals surface area contributed by atoms with Gasteiger partial charge in [-0.25, -0.2) is 9.97 Å². The summed E-state index contributed by atoms with van der Waals surface area (Å²) in [6.45, 7) is 4.21. The predicted molar refractivity (Wildman–Crippen MR) is 76.2 cm³/mol. The largest absolute Gasteiger partial charge is 0.226 e. The monoisotopic (exact) mass is 354 g/mol. The molecule has 4 heteroatoms. The van der Waals surface area contributed by atoms with E-state index < -0.39 is 0 Å². The molecule has 0 aliphatic carbocycles. The average molecular weight is 356 g/mol. The lowest BCUT2D eigenvalue weighted by Gasteiger charge is -2.05. The lowest BCUT2D eigenvalue weighted by Crippen LogP contribution is -1.98. The molecule has 2 aromatic rings. The van der Waals surface area contributed by atoms with Crippen molar-refractivity contribution in [2.75, 3.05) is 0 Å². The molecule has 0 fully saturated rings. The van der Waals surface area contributed by atoms with Gasteiger partial charge in [0.05, 0.1) is 0 Å². The van der Waals surface area contributed by atoms with E-state index >= 15 is 0 Å². The Morgan fingerprint density at radius 2 is 1.41 bits per heavy atom. The number of hydrogen-bond donors (Lipinski definition) is 0. The molecule has 0 atom stereocenters. The molecule has 0 aliphatic heterocycles. The lowest BCUT2D eigenvalue weighted by molar-refractivity contribution is 0.939. The molecule has 0 aliphatic rings. The van der Waals surface area contributed by atoms with E-state index in [9.17, 15) is 0 Å². The van der Waals surface area contributed by atoms with E-state index in [1.165, 1.54) is 16.7 Å². The van der Waals surface area contributed by atoms with Crippen molar-refractivity contribution in [3.63, 3.8) is 0 Å². The minimum absolute atomic E-state index is 0.751. The van der Waals surface area contributed by atoms with Crippen molar-refractivity contribution in [1.82, 2.24) is 9.97 Å². The Morgan fingerprint density at radius 3 is 1.94 bits per heavy atom. The molecule has 2 rings (SSSR count). The van der Waals surface area contributed by atoms with Crippen LogP contribution in [0.1, 0.15) is 22.5 Å². The smallest absolute Gasteiger partial charge is 0.135 e. The Balaban J connectivity index is 2.31. The van der Waals surface area contributed by atoms with Crippen LogP contribution >= 0.6 is 31.9 Å². The SMILES string of the molecule is Cc1cc(C)cc(Cc2nc(Br)cc(Br)n2)c1. The minimum Gasteiger partial charge on any atom is -0.226 e. The molecule has 1 heterocycles. The van der Waals surface area contributed by atoms with Crippen LogP contribution in [0.15, 0.2) is 33.5 Å². The van der Waals surface area contributed by atoms with Gasteiger partial charge in [-0.05, 0) is 51.3 Å². The van der Waals surface area contributed by atoms with Crippen LogP contribution in [-0.4, -0.2) is 9.97 Å². The number of hydrogen-bond acceptors (Lipinski definition) is 2. The molecule has 0 saturated carbocycles. The number of aromatic nitrogens is 2. The summed E-state index contributed by atoms with van der Waals surface area (Å²) in [5.74, 6) is 0.816. The fraction of sp³-hybridized carbons (Fsp3) is 0.231. The van der Waals surface area contributed by atoms with Gasteiger partial charge in [0, 0.05) is 12.5 Å². The molecule has 17 heavy (non-hydrogen) atoms. The first-order valence-corrected chi connectivity index (χ1v) is 6.87. The second-order valence-electron chi connectivity index (χ2n) is 4.10. The summed E-state index contributed by atoms with van der Waals surface area (Å²) in [6, 6.07) is 8.35. The van der Waals surface area contributed by atoms with Gasteiger partial charge in [0.15, 0.2) is 0 Å². The maximum atomic E-state index is 4.36. The Kier molecular flexibility index (Phi) is 3.94. The minimum atomic E-state index is 0.751. The topological polar surface area (TPSA) is 25.8 Å². The molecule has 1 aromatic carbocycles. The first-order chi connectivity index (χ1) is 8.02. The van der Waals surface area contributed by atoms with E-state index in [2.05, 4.69) is 73.9 Å². The van der Waals surface area contributed by atoms with Crippen LogP contribution in [-0.2, 0) is 6.42 Å². The molecule has 0 spiro atoms. The number of benzene rings is 1. The molecule has 0 bridgehead atoms. The Morgan fingerprint density at radius 1 is 0.882 bits per heavy atom. The maximum absolute atomic E-state index is 4.36. The fourth-order valence-corrected chi connectivity index (χ4v) is 3.02. The van der Waals surface area contributed by atoms with Gasteiger partial charge in [-0.2, -0.15) is 0 Å². The molecule has 0 unspecified atom stereocenters. The van der Waals surface area contributed by atoms with Gasteiger partial charge in [0.25, 0.3) is 0 Å². The third-order valence-electron chi connectivity index (χ3n) is 2.35. The number of rotatable bonds is 2. The summed E-state index contributed by atoms with van der Waals surface area (Å²) in [4.78, 5) is 8.73. The number of halogens is 2. The van der Waals surface area contributed by atoms with E-state index in [1.54, 1.807) is 0 Å². The molecule has 1 aromatic heterocycles. The van der Waals surface area contributed by atoms with Crippen molar-refractivity contribution >= 4 is 31.9 Å². The van der Waals surface area contributed by atoms with E-state index in [-0.39, 0.29) is 0 Å². The zero-order valence-corrected chi connectivity index (χ0v) is 12.8. The van der Waals surface area contributed by atoms with Crippen molar-refractivity contribution in [1.29, 1.82) is 0 Å². The number of aryl methyl sites for hydroxylation is 2. The molecule has 0 saturated heterocycles. The quantitative estimate of drug-likeness (QED) is 0.754. The second kappa shape index (κ2) is 5.27. The molecule has 0 amide bonds. The van der Waals surface area contributed by atoms with Crippen molar-refractivity contribution in [2.24, 2.45) is 0 Å². The lowest BCUT2D eigenvalue weighted by atomic mass is 10.0. The van der Waals surface area contributed by atoms with Crippen LogP contribution in [0.4, 0.5) is 0 Å². The highest BCUT2D eigenvalue weighted by molar-refractivity contribution is 9.11. The highest BCUT2D eigenvalue weighted by atomic mass is 79.9. The zero-order valence-electron chi connectivity index (χ0n) is 9.67. The van der Waals surface area contributed by atoms with E-state index in [4.69, 9.17) is 0 Å². The van der Waals surface area contributed by atoms with Crippen LogP contribution in [0.25, 0.3) is 0 Å². The summed E-state index contributed by atoms with van der Waals surface area (Å²) >= 11 is 6.75. The first kappa shape index (κ1) is 12.7. The normalized spacial score (nSPS) is 10.6. The van der Waals surface area contributed by atoms with Crippen LogP contribution in [0.2, 0.25) is 0 Å². The van der Waals surface area contributed by atoms with Gasteiger partial charge in [-0.1, -0.05) is 29.3 Å². The van der Waals surface area contributed by atoms with Crippen molar-refractivity contribution in [2.45, 2.75) is 20.3 Å². The van der Waals surface area contributed by atoms with Crippen molar-refractivity contribution in [3.05, 3.63) is 56.0 Å². The fourth-order valence-electron chi connectivity index (χ4n) is 1.87. The summed E-state index contributed by atoms with van der Waals surface area (Å²) < 4.78 is 1.61. The molecule has 88 valence electrons. The predicted octanol–water partition coefficient (Wildman–Crippen LogP) is 4.21. The van der Waals surface area contributed by atoms with Gasteiger partial charge >= 0.3 is 0 Å². The van der Waals surface area contributed by atoms with Crippen molar-refractivity contribution in [3.8, 4) is 0 Å². The highest BCUT2D eigenvalue weighted by Gasteiger charge is 2.04. The zero-order chi connectivity index (χ0) is 12.4. The van der Waals surface area contributed by atoms with Gasteiger partial charge in [0.2, 0.25) is 0 Å².